The summed E-state index contributed by atoms with van der Waals surface area (Å²) in [7, 11) is 0. The number of rotatable bonds is 2. The molecule has 0 aliphatic heterocycles. The van der Waals surface area contributed by atoms with Crippen LogP contribution in [0, 0.1) is 18.3 Å². The van der Waals surface area contributed by atoms with Gasteiger partial charge in [-0.25, -0.2) is 0 Å². The summed E-state index contributed by atoms with van der Waals surface area (Å²) in [6.45, 7) is 3.43. The maximum absolute atomic E-state index is 9.16. The molecule has 0 heterocycles. The third-order valence-corrected chi connectivity index (χ3v) is 2.29. The summed E-state index contributed by atoms with van der Waals surface area (Å²) < 4.78 is 0. The molecule has 1 atom stereocenters. The number of nitrogens with two attached hydrogens (primary N) is 1. The molecule has 0 fully saturated rings. The van der Waals surface area contributed by atoms with E-state index in [1.807, 2.05) is 19.1 Å². The zero-order chi connectivity index (χ0) is 10.8. The molecule has 1 aromatic rings. The van der Waals surface area contributed by atoms with Crippen molar-refractivity contribution in [2.75, 3.05) is 6.61 Å². The van der Waals surface area contributed by atoms with Gasteiger partial charge in [0.05, 0.1) is 23.8 Å². The maximum atomic E-state index is 9.16. The normalized spacial score (nSPS) is 14.5. The summed E-state index contributed by atoms with van der Waals surface area (Å²) in [5.41, 5.74) is 7.25. The van der Waals surface area contributed by atoms with E-state index >= 15 is 0 Å². The minimum atomic E-state index is -0.851. The molecule has 0 radical (unpaired) electrons. The average molecular weight is 190 g/mol. The van der Waals surface area contributed by atoms with Crippen molar-refractivity contribution < 1.29 is 5.11 Å². The Labute approximate surface area is 83.8 Å². The number of nitrogens with zero attached hydrogens (tertiary/aromatic N) is 1. The summed E-state index contributed by atoms with van der Waals surface area (Å²) in [5.74, 6) is 0. The van der Waals surface area contributed by atoms with Gasteiger partial charge in [-0.1, -0.05) is 12.1 Å². The standard InChI is InChI=1S/C11H14N2O/c1-8-4-3-5-9(6-12)10(8)11(2,13)7-14/h3-5,14H,7,13H2,1-2H3/t11-/m1/s1. The Morgan fingerprint density at radius 1 is 1.57 bits per heavy atom. The maximum Gasteiger partial charge on any atom is 0.0995 e. The third-order valence-electron chi connectivity index (χ3n) is 2.29. The summed E-state index contributed by atoms with van der Waals surface area (Å²) in [4.78, 5) is 0. The first-order valence-electron chi connectivity index (χ1n) is 4.43. The Hall–Kier alpha value is -1.37. The largest absolute Gasteiger partial charge is 0.394 e. The minimum Gasteiger partial charge on any atom is -0.394 e. The van der Waals surface area contributed by atoms with E-state index in [4.69, 9.17) is 16.1 Å². The molecule has 1 aromatic carbocycles. The van der Waals surface area contributed by atoms with Crippen molar-refractivity contribution in [1.29, 1.82) is 5.26 Å². The van der Waals surface area contributed by atoms with Crippen LogP contribution in [0.1, 0.15) is 23.6 Å². The Kier molecular flexibility index (Phi) is 2.90. The molecule has 0 amide bonds. The lowest BCUT2D eigenvalue weighted by molar-refractivity contribution is 0.209. The molecule has 0 aliphatic carbocycles. The van der Waals surface area contributed by atoms with E-state index in [1.54, 1.807) is 13.0 Å². The Balaban J connectivity index is 3.40. The van der Waals surface area contributed by atoms with Crippen LogP contribution >= 0.6 is 0 Å². The third kappa shape index (κ3) is 1.77. The molecule has 14 heavy (non-hydrogen) atoms. The van der Waals surface area contributed by atoms with Gasteiger partial charge < -0.3 is 10.8 Å². The van der Waals surface area contributed by atoms with Crippen molar-refractivity contribution in [3.8, 4) is 6.07 Å². The van der Waals surface area contributed by atoms with Gasteiger partial charge in [0.15, 0.2) is 0 Å². The highest BCUT2D eigenvalue weighted by atomic mass is 16.3. The zero-order valence-electron chi connectivity index (χ0n) is 8.41. The van der Waals surface area contributed by atoms with Crippen LogP contribution in [0.3, 0.4) is 0 Å². The molecule has 1 rings (SSSR count). The molecule has 0 unspecified atom stereocenters. The highest BCUT2D eigenvalue weighted by Crippen LogP contribution is 2.24. The SMILES string of the molecule is Cc1cccc(C#N)c1[C@](C)(N)CO. The predicted molar refractivity (Wildman–Crippen MR) is 54.5 cm³/mol. The van der Waals surface area contributed by atoms with Crippen LogP contribution in [0.25, 0.3) is 0 Å². The summed E-state index contributed by atoms with van der Waals surface area (Å²) in [6, 6.07) is 7.49. The van der Waals surface area contributed by atoms with Gasteiger partial charge in [-0.2, -0.15) is 5.26 Å². The molecule has 3 heteroatoms. The van der Waals surface area contributed by atoms with E-state index < -0.39 is 5.54 Å². The van der Waals surface area contributed by atoms with Crippen molar-refractivity contribution >= 4 is 0 Å². The Morgan fingerprint density at radius 2 is 2.21 bits per heavy atom. The quantitative estimate of drug-likeness (QED) is 0.731. The van der Waals surface area contributed by atoms with Crippen LogP contribution < -0.4 is 5.73 Å². The topological polar surface area (TPSA) is 70.0 Å². The highest BCUT2D eigenvalue weighted by Gasteiger charge is 2.24. The predicted octanol–water partition coefficient (Wildman–Crippen LogP) is 1.03. The van der Waals surface area contributed by atoms with Gasteiger partial charge in [-0.15, -0.1) is 0 Å². The first-order chi connectivity index (χ1) is 6.53. The first kappa shape index (κ1) is 10.7. The molecule has 0 aliphatic rings. The van der Waals surface area contributed by atoms with Gasteiger partial charge >= 0.3 is 0 Å². The lowest BCUT2D eigenvalue weighted by Crippen LogP contribution is -2.38. The van der Waals surface area contributed by atoms with Crippen molar-refractivity contribution in [3.63, 3.8) is 0 Å². The number of nitriles is 1. The van der Waals surface area contributed by atoms with Crippen molar-refractivity contribution in [2.24, 2.45) is 5.73 Å². The fourth-order valence-electron chi connectivity index (χ4n) is 1.60. The highest BCUT2D eigenvalue weighted by molar-refractivity contribution is 5.46. The Bertz CT molecular complexity index is 377. The first-order valence-corrected chi connectivity index (χ1v) is 4.43. The number of hydrogen-bond acceptors (Lipinski definition) is 3. The van der Waals surface area contributed by atoms with Crippen LogP contribution in [-0.4, -0.2) is 11.7 Å². The smallest absolute Gasteiger partial charge is 0.0995 e. The van der Waals surface area contributed by atoms with E-state index in [-0.39, 0.29) is 6.61 Å². The lowest BCUT2D eigenvalue weighted by atomic mass is 9.87. The van der Waals surface area contributed by atoms with Crippen molar-refractivity contribution in [3.05, 3.63) is 34.9 Å². The molecular weight excluding hydrogens is 176 g/mol. The molecule has 0 saturated carbocycles. The van der Waals surface area contributed by atoms with Gasteiger partial charge in [-0.05, 0) is 31.0 Å². The van der Waals surface area contributed by atoms with Crippen LogP contribution in [-0.2, 0) is 5.54 Å². The molecule has 0 saturated heterocycles. The van der Waals surface area contributed by atoms with Crippen molar-refractivity contribution in [2.45, 2.75) is 19.4 Å². The summed E-state index contributed by atoms with van der Waals surface area (Å²) in [6.07, 6.45) is 0. The van der Waals surface area contributed by atoms with Gasteiger partial charge in [0.2, 0.25) is 0 Å². The summed E-state index contributed by atoms with van der Waals surface area (Å²) in [5, 5.41) is 18.1. The second-order valence-electron chi connectivity index (χ2n) is 3.68. The molecule has 0 aromatic heterocycles. The van der Waals surface area contributed by atoms with E-state index in [1.165, 1.54) is 0 Å². The van der Waals surface area contributed by atoms with Crippen molar-refractivity contribution in [1.82, 2.24) is 0 Å². The number of benzene rings is 1. The fraction of sp³-hybridized carbons (Fsp3) is 0.364. The molecule has 74 valence electrons. The molecule has 0 spiro atoms. The van der Waals surface area contributed by atoms with Crippen LogP contribution in [0.5, 0.6) is 0 Å². The molecular formula is C11H14N2O. The lowest BCUT2D eigenvalue weighted by Gasteiger charge is -2.25. The van der Waals surface area contributed by atoms with E-state index in [0.717, 1.165) is 11.1 Å². The number of aliphatic hydroxyl groups is 1. The zero-order valence-corrected chi connectivity index (χ0v) is 8.41. The molecule has 3 N–H and O–H groups in total. The Morgan fingerprint density at radius 3 is 2.71 bits per heavy atom. The minimum absolute atomic E-state index is 0.174. The van der Waals surface area contributed by atoms with E-state index in [0.29, 0.717) is 5.56 Å². The van der Waals surface area contributed by atoms with Crippen LogP contribution in [0.4, 0.5) is 0 Å². The van der Waals surface area contributed by atoms with Gasteiger partial charge in [0.1, 0.15) is 0 Å². The molecule has 0 bridgehead atoms. The number of hydrogen-bond donors (Lipinski definition) is 2. The van der Waals surface area contributed by atoms with Gasteiger partial charge in [-0.3, -0.25) is 0 Å². The molecule has 3 nitrogen and oxygen atoms in total. The second kappa shape index (κ2) is 3.79. The van der Waals surface area contributed by atoms with E-state index in [9.17, 15) is 0 Å². The number of aliphatic hydroxyl groups excluding tert-OH is 1. The van der Waals surface area contributed by atoms with E-state index in [2.05, 4.69) is 6.07 Å². The van der Waals surface area contributed by atoms with Gasteiger partial charge in [0, 0.05) is 0 Å². The van der Waals surface area contributed by atoms with Gasteiger partial charge in [0.25, 0.3) is 0 Å². The average Bonchev–Trinajstić information content (AvgIpc) is 2.17. The van der Waals surface area contributed by atoms with Crippen LogP contribution in [0.15, 0.2) is 18.2 Å². The van der Waals surface area contributed by atoms with Crippen LogP contribution in [0.2, 0.25) is 0 Å². The number of aryl methyl sites for hydroxylation is 1. The fourth-order valence-corrected chi connectivity index (χ4v) is 1.60. The second-order valence-corrected chi connectivity index (χ2v) is 3.68. The summed E-state index contributed by atoms with van der Waals surface area (Å²) >= 11 is 0. The monoisotopic (exact) mass is 190 g/mol.